The summed E-state index contributed by atoms with van der Waals surface area (Å²) in [5.41, 5.74) is 7.56. The van der Waals surface area contributed by atoms with Crippen molar-refractivity contribution in [3.63, 3.8) is 0 Å². The molecule has 0 atom stereocenters. The molecule has 0 aliphatic heterocycles. The number of hydrogen-bond acceptors (Lipinski definition) is 5. The van der Waals surface area contributed by atoms with Crippen molar-refractivity contribution in [3.8, 4) is 17.2 Å². The molecular formula is C29H23BrN2O5. The van der Waals surface area contributed by atoms with Crippen LogP contribution in [0.1, 0.15) is 5.56 Å². The molecule has 186 valence electrons. The number of fused-ring (bicyclic) bond motifs is 2. The number of carbonyl (C=O) groups excluding carboxylic acids is 1. The first-order valence-electron chi connectivity index (χ1n) is 11.6. The smallest absolute Gasteiger partial charge is 0.319 e. The van der Waals surface area contributed by atoms with Gasteiger partial charge in [-0.25, -0.2) is 4.79 Å². The molecule has 0 unspecified atom stereocenters. The lowest BCUT2D eigenvalue weighted by molar-refractivity contribution is 0.253. The zero-order valence-corrected chi connectivity index (χ0v) is 21.3. The number of halogens is 1. The van der Waals surface area contributed by atoms with Crippen LogP contribution in [-0.4, -0.2) is 18.0 Å². The Hall–Kier alpha value is -4.30. The highest BCUT2D eigenvalue weighted by molar-refractivity contribution is 9.09. The summed E-state index contributed by atoms with van der Waals surface area (Å²) < 4.78 is 17.3. The summed E-state index contributed by atoms with van der Waals surface area (Å²) in [4.78, 5) is 26.1. The van der Waals surface area contributed by atoms with Gasteiger partial charge in [-0.15, -0.1) is 0 Å². The standard InChI is InChI=1S/C29H23BrN2O5/c30-14-16-35-20-6-8-21(9-7-20)37-27-12-11-25(22-3-1-2-4-23(22)27)32(29(31)34)18-19-5-10-24-26(33)13-15-36-28(24)17-19/h1-13,15,17H,14,16,18H2,(H2,31,34). The Balaban J connectivity index is 1.47. The van der Waals surface area contributed by atoms with E-state index >= 15 is 0 Å². The zero-order valence-electron chi connectivity index (χ0n) is 19.7. The molecule has 4 aromatic carbocycles. The lowest BCUT2D eigenvalue weighted by Gasteiger charge is -2.23. The fraction of sp³-hybridized carbons (Fsp3) is 0.103. The van der Waals surface area contributed by atoms with Crippen LogP contribution >= 0.6 is 15.9 Å². The van der Waals surface area contributed by atoms with E-state index in [2.05, 4.69) is 15.9 Å². The van der Waals surface area contributed by atoms with Gasteiger partial charge in [0, 0.05) is 22.2 Å². The van der Waals surface area contributed by atoms with Gasteiger partial charge in [0.05, 0.1) is 30.5 Å². The monoisotopic (exact) mass is 558 g/mol. The molecule has 1 aromatic heterocycles. The number of hydrogen-bond donors (Lipinski definition) is 1. The van der Waals surface area contributed by atoms with Crippen molar-refractivity contribution in [2.75, 3.05) is 16.8 Å². The predicted octanol–water partition coefficient (Wildman–Crippen LogP) is 6.60. The Morgan fingerprint density at radius 1 is 0.892 bits per heavy atom. The van der Waals surface area contributed by atoms with Crippen LogP contribution in [0.4, 0.5) is 10.5 Å². The molecule has 0 saturated heterocycles. The van der Waals surface area contributed by atoms with Gasteiger partial charge in [0.25, 0.3) is 0 Å². The first kappa shape index (κ1) is 24.4. The molecule has 0 saturated carbocycles. The fourth-order valence-electron chi connectivity index (χ4n) is 4.16. The van der Waals surface area contributed by atoms with Gasteiger partial charge in [-0.2, -0.15) is 0 Å². The van der Waals surface area contributed by atoms with Gasteiger partial charge in [0.15, 0.2) is 5.43 Å². The Kier molecular flexibility index (Phi) is 7.09. The van der Waals surface area contributed by atoms with Gasteiger partial charge in [-0.3, -0.25) is 9.69 Å². The van der Waals surface area contributed by atoms with Crippen LogP contribution in [0.5, 0.6) is 17.2 Å². The number of anilines is 1. The predicted molar refractivity (Wildman–Crippen MR) is 148 cm³/mol. The maximum atomic E-state index is 12.6. The number of ether oxygens (including phenoxy) is 2. The molecule has 0 aliphatic rings. The average Bonchev–Trinajstić information content (AvgIpc) is 2.92. The molecule has 1 heterocycles. The maximum Gasteiger partial charge on any atom is 0.319 e. The van der Waals surface area contributed by atoms with Crippen molar-refractivity contribution < 1.29 is 18.7 Å². The van der Waals surface area contributed by atoms with Crippen molar-refractivity contribution in [1.29, 1.82) is 0 Å². The molecule has 5 aromatic rings. The zero-order chi connectivity index (χ0) is 25.8. The highest BCUT2D eigenvalue weighted by atomic mass is 79.9. The minimum Gasteiger partial charge on any atom is -0.493 e. The highest BCUT2D eigenvalue weighted by Gasteiger charge is 2.18. The third kappa shape index (κ3) is 5.29. The number of primary amides is 1. The average molecular weight is 559 g/mol. The fourth-order valence-corrected chi connectivity index (χ4v) is 4.32. The molecule has 0 radical (unpaired) electrons. The quantitative estimate of drug-likeness (QED) is 0.216. The minimum atomic E-state index is -0.604. The SMILES string of the molecule is NC(=O)N(Cc1ccc2c(=O)ccoc2c1)c1ccc(Oc2ccc(OCCBr)cc2)c2ccccc12. The van der Waals surface area contributed by atoms with Gasteiger partial charge in [-0.05, 0) is 54.1 Å². The lowest BCUT2D eigenvalue weighted by Crippen LogP contribution is -2.35. The third-order valence-electron chi connectivity index (χ3n) is 5.88. The number of benzene rings is 4. The summed E-state index contributed by atoms with van der Waals surface area (Å²) in [6.07, 6.45) is 1.36. The molecule has 37 heavy (non-hydrogen) atoms. The number of amides is 2. The van der Waals surface area contributed by atoms with E-state index in [1.165, 1.54) is 17.2 Å². The minimum absolute atomic E-state index is 0.123. The number of nitrogens with two attached hydrogens (primary N) is 1. The van der Waals surface area contributed by atoms with Crippen LogP contribution in [0.15, 0.2) is 100 Å². The number of nitrogens with zero attached hydrogens (tertiary/aromatic N) is 1. The second kappa shape index (κ2) is 10.8. The Morgan fingerprint density at radius 2 is 1.65 bits per heavy atom. The number of alkyl halides is 1. The summed E-state index contributed by atoms with van der Waals surface area (Å²) in [7, 11) is 0. The number of rotatable bonds is 8. The first-order chi connectivity index (χ1) is 18.0. The summed E-state index contributed by atoms with van der Waals surface area (Å²) >= 11 is 3.35. The third-order valence-corrected chi connectivity index (χ3v) is 6.21. The normalized spacial score (nSPS) is 10.9. The van der Waals surface area contributed by atoms with E-state index in [0.29, 0.717) is 34.8 Å². The summed E-state index contributed by atoms with van der Waals surface area (Å²) in [5, 5.41) is 2.87. The summed E-state index contributed by atoms with van der Waals surface area (Å²) in [6, 6.07) is 24.7. The van der Waals surface area contributed by atoms with Crippen molar-refractivity contribution in [2.45, 2.75) is 6.54 Å². The molecule has 2 N–H and O–H groups in total. The summed E-state index contributed by atoms with van der Waals surface area (Å²) in [6.45, 7) is 0.778. The second-order valence-electron chi connectivity index (χ2n) is 8.28. The van der Waals surface area contributed by atoms with Crippen molar-refractivity contribution >= 4 is 49.4 Å². The molecule has 0 aliphatic carbocycles. The van der Waals surface area contributed by atoms with Gasteiger partial charge in [0.1, 0.15) is 22.8 Å². The van der Waals surface area contributed by atoms with Crippen LogP contribution in [0.25, 0.3) is 21.7 Å². The molecule has 8 heteroatoms. The number of urea groups is 1. The van der Waals surface area contributed by atoms with Crippen molar-refractivity contribution in [3.05, 3.63) is 107 Å². The second-order valence-corrected chi connectivity index (χ2v) is 9.07. The molecule has 7 nitrogen and oxygen atoms in total. The largest absolute Gasteiger partial charge is 0.493 e. The Bertz CT molecular complexity index is 1630. The van der Waals surface area contributed by atoms with Crippen LogP contribution in [0.2, 0.25) is 0 Å². The molecule has 2 amide bonds. The Labute approximate surface area is 221 Å². The van der Waals surface area contributed by atoms with Crippen molar-refractivity contribution in [1.82, 2.24) is 0 Å². The summed E-state index contributed by atoms with van der Waals surface area (Å²) in [5.74, 6) is 2.07. The topological polar surface area (TPSA) is 95.0 Å². The van der Waals surface area contributed by atoms with Crippen LogP contribution < -0.4 is 25.5 Å². The highest BCUT2D eigenvalue weighted by Crippen LogP contribution is 2.37. The lowest BCUT2D eigenvalue weighted by atomic mass is 10.1. The van der Waals surface area contributed by atoms with E-state index in [1.807, 2.05) is 60.7 Å². The van der Waals surface area contributed by atoms with Crippen LogP contribution in [-0.2, 0) is 6.54 Å². The van der Waals surface area contributed by atoms with Gasteiger partial charge >= 0.3 is 6.03 Å². The van der Waals surface area contributed by atoms with E-state index in [9.17, 15) is 9.59 Å². The van der Waals surface area contributed by atoms with E-state index in [4.69, 9.17) is 19.6 Å². The van der Waals surface area contributed by atoms with E-state index < -0.39 is 6.03 Å². The van der Waals surface area contributed by atoms with Crippen LogP contribution in [0.3, 0.4) is 0 Å². The Morgan fingerprint density at radius 3 is 2.41 bits per heavy atom. The first-order valence-corrected chi connectivity index (χ1v) is 12.7. The van der Waals surface area contributed by atoms with E-state index in [1.54, 1.807) is 18.2 Å². The van der Waals surface area contributed by atoms with Gasteiger partial charge < -0.3 is 19.6 Å². The van der Waals surface area contributed by atoms with Crippen molar-refractivity contribution in [2.24, 2.45) is 5.73 Å². The molecule has 0 fully saturated rings. The van der Waals surface area contributed by atoms with Crippen LogP contribution in [0, 0.1) is 0 Å². The molecule has 5 rings (SSSR count). The molecule has 0 spiro atoms. The van der Waals surface area contributed by atoms with E-state index in [0.717, 1.165) is 27.4 Å². The van der Waals surface area contributed by atoms with E-state index in [-0.39, 0.29) is 12.0 Å². The maximum absolute atomic E-state index is 12.6. The molecule has 0 bridgehead atoms. The molecular weight excluding hydrogens is 536 g/mol. The number of carbonyl (C=O) groups is 1. The van der Waals surface area contributed by atoms with Gasteiger partial charge in [0.2, 0.25) is 0 Å². The van der Waals surface area contributed by atoms with Gasteiger partial charge in [-0.1, -0.05) is 46.3 Å².